The van der Waals surface area contributed by atoms with Gasteiger partial charge in [-0.15, -0.1) is 0 Å². The maximum atomic E-state index is 6.21. The van der Waals surface area contributed by atoms with E-state index in [1.165, 1.54) is 7.11 Å². The quantitative estimate of drug-likeness (QED) is 0.549. The Balaban J connectivity index is 2.78. The zero-order valence-corrected chi connectivity index (χ0v) is 13.4. The van der Waals surface area contributed by atoms with Gasteiger partial charge < -0.3 is 4.74 Å². The summed E-state index contributed by atoms with van der Waals surface area (Å²) >= 11 is 30.4. The SMILES string of the molecule is COc1c(Cl)ccc(Cl)c1-c1cc(Cl)c(Cl)cc1Cl. The third kappa shape index (κ3) is 2.91. The fourth-order valence-electron chi connectivity index (χ4n) is 1.70. The van der Waals surface area contributed by atoms with E-state index in [4.69, 9.17) is 62.7 Å². The van der Waals surface area contributed by atoms with Crippen molar-refractivity contribution < 1.29 is 4.74 Å². The molecule has 19 heavy (non-hydrogen) atoms. The normalized spacial score (nSPS) is 10.6. The smallest absolute Gasteiger partial charge is 0.146 e. The van der Waals surface area contributed by atoms with Crippen LogP contribution in [0.15, 0.2) is 24.3 Å². The average molecular weight is 356 g/mol. The summed E-state index contributed by atoms with van der Waals surface area (Å²) in [4.78, 5) is 0. The first kappa shape index (κ1) is 15.1. The van der Waals surface area contributed by atoms with E-state index in [2.05, 4.69) is 0 Å². The van der Waals surface area contributed by atoms with Gasteiger partial charge in [0.15, 0.2) is 0 Å². The molecule has 0 unspecified atom stereocenters. The van der Waals surface area contributed by atoms with Gasteiger partial charge in [0, 0.05) is 11.1 Å². The molecule has 0 radical (unpaired) electrons. The van der Waals surface area contributed by atoms with Crippen molar-refractivity contribution in [2.75, 3.05) is 7.11 Å². The van der Waals surface area contributed by atoms with Crippen LogP contribution < -0.4 is 4.74 Å². The van der Waals surface area contributed by atoms with Crippen molar-refractivity contribution in [3.05, 3.63) is 49.4 Å². The van der Waals surface area contributed by atoms with E-state index < -0.39 is 0 Å². The van der Waals surface area contributed by atoms with E-state index in [-0.39, 0.29) is 0 Å². The lowest BCUT2D eigenvalue weighted by Gasteiger charge is -2.14. The maximum absolute atomic E-state index is 6.21. The van der Waals surface area contributed by atoms with Crippen LogP contribution in [-0.4, -0.2) is 7.11 Å². The molecule has 0 fully saturated rings. The zero-order chi connectivity index (χ0) is 14.2. The first-order chi connectivity index (χ1) is 8.95. The Labute approximate surface area is 135 Å². The van der Waals surface area contributed by atoms with Crippen LogP contribution in [0.3, 0.4) is 0 Å². The van der Waals surface area contributed by atoms with Gasteiger partial charge in [-0.1, -0.05) is 58.0 Å². The molecular weight excluding hydrogens is 349 g/mol. The predicted molar refractivity (Wildman–Crippen MR) is 83.5 cm³/mol. The van der Waals surface area contributed by atoms with Crippen LogP contribution in [0.25, 0.3) is 11.1 Å². The van der Waals surface area contributed by atoms with E-state index in [0.29, 0.717) is 42.0 Å². The minimum Gasteiger partial charge on any atom is -0.494 e. The minimum atomic E-state index is 0.368. The molecule has 0 amide bonds. The molecule has 0 heterocycles. The third-order valence-corrected chi connectivity index (χ3v) is 4.19. The monoisotopic (exact) mass is 354 g/mol. The van der Waals surface area contributed by atoms with Gasteiger partial charge in [0.05, 0.1) is 32.2 Å². The highest BCUT2D eigenvalue weighted by molar-refractivity contribution is 6.44. The van der Waals surface area contributed by atoms with Crippen molar-refractivity contribution in [3.63, 3.8) is 0 Å². The Bertz CT molecular complexity index is 639. The molecule has 0 atom stereocenters. The summed E-state index contributed by atoms with van der Waals surface area (Å²) in [6.07, 6.45) is 0. The van der Waals surface area contributed by atoms with Gasteiger partial charge in [-0.25, -0.2) is 0 Å². The Kier molecular flexibility index (Phi) is 4.75. The molecule has 0 N–H and O–H groups in total. The Hall–Kier alpha value is -0.310. The lowest BCUT2D eigenvalue weighted by atomic mass is 10.0. The molecule has 0 aliphatic rings. The van der Waals surface area contributed by atoms with Crippen molar-refractivity contribution in [2.45, 2.75) is 0 Å². The second-order valence-corrected chi connectivity index (χ2v) is 5.72. The van der Waals surface area contributed by atoms with Gasteiger partial charge in [0.1, 0.15) is 5.75 Å². The van der Waals surface area contributed by atoms with Crippen LogP contribution in [0, 0.1) is 0 Å². The molecule has 0 aliphatic heterocycles. The molecule has 2 rings (SSSR count). The first-order valence-electron chi connectivity index (χ1n) is 5.12. The minimum absolute atomic E-state index is 0.368. The van der Waals surface area contributed by atoms with Crippen LogP contribution in [0.1, 0.15) is 0 Å². The number of benzene rings is 2. The largest absolute Gasteiger partial charge is 0.494 e. The summed E-state index contributed by atoms with van der Waals surface area (Å²) in [7, 11) is 1.51. The lowest BCUT2D eigenvalue weighted by Crippen LogP contribution is -1.91. The molecule has 1 nitrogen and oxygen atoms in total. The molecule has 0 aliphatic carbocycles. The molecule has 2 aromatic rings. The van der Waals surface area contributed by atoms with Gasteiger partial charge >= 0.3 is 0 Å². The fraction of sp³-hybridized carbons (Fsp3) is 0.0769. The molecular formula is C13H7Cl5O. The van der Waals surface area contributed by atoms with E-state index >= 15 is 0 Å². The highest BCUT2D eigenvalue weighted by atomic mass is 35.5. The van der Waals surface area contributed by atoms with Crippen molar-refractivity contribution in [1.82, 2.24) is 0 Å². The number of ether oxygens (including phenoxy) is 1. The Morgan fingerprint density at radius 2 is 1.32 bits per heavy atom. The zero-order valence-electron chi connectivity index (χ0n) is 9.61. The number of halogens is 5. The second kappa shape index (κ2) is 5.99. The average Bonchev–Trinajstić information content (AvgIpc) is 2.36. The topological polar surface area (TPSA) is 9.23 Å². The molecule has 0 spiro atoms. The van der Waals surface area contributed by atoms with Crippen LogP contribution in [-0.2, 0) is 0 Å². The number of hydrogen-bond acceptors (Lipinski definition) is 1. The third-order valence-electron chi connectivity index (χ3n) is 2.54. The van der Waals surface area contributed by atoms with Crippen LogP contribution in [0.5, 0.6) is 5.75 Å². The molecule has 0 bridgehead atoms. The summed E-state index contributed by atoms with van der Waals surface area (Å²) in [5.41, 5.74) is 1.20. The van der Waals surface area contributed by atoms with Crippen molar-refractivity contribution in [1.29, 1.82) is 0 Å². The summed E-state index contributed by atoms with van der Waals surface area (Å²) in [6.45, 7) is 0. The predicted octanol–water partition coefficient (Wildman–Crippen LogP) is 6.63. The summed E-state index contributed by atoms with van der Waals surface area (Å²) in [6, 6.07) is 6.50. The Morgan fingerprint density at radius 3 is 1.95 bits per heavy atom. The molecule has 100 valence electrons. The summed E-state index contributed by atoms with van der Waals surface area (Å²) in [5, 5.41) is 2.05. The molecule has 0 saturated heterocycles. The highest BCUT2D eigenvalue weighted by Gasteiger charge is 2.18. The molecule has 0 aromatic heterocycles. The van der Waals surface area contributed by atoms with E-state index in [0.717, 1.165) is 0 Å². The van der Waals surface area contributed by atoms with Crippen LogP contribution in [0.2, 0.25) is 25.1 Å². The van der Waals surface area contributed by atoms with Crippen molar-refractivity contribution in [3.8, 4) is 16.9 Å². The highest BCUT2D eigenvalue weighted by Crippen LogP contribution is 2.45. The van der Waals surface area contributed by atoms with E-state index in [1.54, 1.807) is 24.3 Å². The number of hydrogen-bond donors (Lipinski definition) is 0. The first-order valence-corrected chi connectivity index (χ1v) is 7.01. The van der Waals surface area contributed by atoms with E-state index in [1.807, 2.05) is 0 Å². The van der Waals surface area contributed by atoms with E-state index in [9.17, 15) is 0 Å². The molecule has 2 aromatic carbocycles. The van der Waals surface area contributed by atoms with Gasteiger partial charge in [-0.3, -0.25) is 0 Å². The van der Waals surface area contributed by atoms with Gasteiger partial charge in [-0.2, -0.15) is 0 Å². The fourth-order valence-corrected chi connectivity index (χ4v) is 2.82. The van der Waals surface area contributed by atoms with Crippen LogP contribution >= 0.6 is 58.0 Å². The van der Waals surface area contributed by atoms with Gasteiger partial charge in [-0.05, 0) is 24.3 Å². The molecule has 6 heteroatoms. The van der Waals surface area contributed by atoms with Crippen molar-refractivity contribution in [2.24, 2.45) is 0 Å². The lowest BCUT2D eigenvalue weighted by molar-refractivity contribution is 0.416. The second-order valence-electron chi connectivity index (χ2n) is 3.68. The van der Waals surface area contributed by atoms with Gasteiger partial charge in [0.2, 0.25) is 0 Å². The number of rotatable bonds is 2. The van der Waals surface area contributed by atoms with Crippen LogP contribution in [0.4, 0.5) is 0 Å². The van der Waals surface area contributed by atoms with Crippen molar-refractivity contribution >= 4 is 58.0 Å². The Morgan fingerprint density at radius 1 is 0.737 bits per heavy atom. The standard InChI is InChI=1S/C13H7Cl5O/c1-19-13-8(15)3-2-7(14)12(13)6-4-10(17)11(18)5-9(6)16/h2-5H,1H3. The van der Waals surface area contributed by atoms with Gasteiger partial charge in [0.25, 0.3) is 0 Å². The summed E-state index contributed by atoms with van der Waals surface area (Å²) in [5.74, 6) is 0.439. The summed E-state index contributed by atoms with van der Waals surface area (Å²) < 4.78 is 5.29. The molecule has 0 saturated carbocycles. The number of methoxy groups -OCH3 is 1. The maximum Gasteiger partial charge on any atom is 0.146 e.